The number of rotatable bonds is 2. The van der Waals surface area contributed by atoms with Crippen molar-refractivity contribution in [1.29, 1.82) is 0 Å². The molecule has 2 N–H and O–H groups in total. The van der Waals surface area contributed by atoms with E-state index in [1.54, 1.807) is 0 Å². The highest BCUT2D eigenvalue weighted by Crippen LogP contribution is 2.24. The Balaban J connectivity index is 1.76. The summed E-state index contributed by atoms with van der Waals surface area (Å²) in [6.45, 7) is 4.97. The van der Waals surface area contributed by atoms with Crippen molar-refractivity contribution < 1.29 is 0 Å². The number of nitrogen functional groups attached to an aromatic ring is 1. The lowest BCUT2D eigenvalue weighted by atomic mass is 9.98. The van der Waals surface area contributed by atoms with Gasteiger partial charge in [-0.05, 0) is 42.7 Å². The third-order valence-corrected chi connectivity index (χ3v) is 3.71. The molecule has 19 heavy (non-hydrogen) atoms. The van der Waals surface area contributed by atoms with Crippen LogP contribution in [0.4, 0.5) is 5.69 Å². The Hall–Kier alpha value is -1.87. The van der Waals surface area contributed by atoms with Crippen LogP contribution in [-0.4, -0.2) is 16.4 Å². The summed E-state index contributed by atoms with van der Waals surface area (Å²) in [7, 11) is 0. The van der Waals surface area contributed by atoms with E-state index in [0.717, 1.165) is 43.1 Å². The fourth-order valence-electron chi connectivity index (χ4n) is 2.75. The lowest BCUT2D eigenvalue weighted by Gasteiger charge is -2.29. The van der Waals surface area contributed by atoms with E-state index < -0.39 is 0 Å². The average molecular weight is 253 g/mol. The highest BCUT2D eigenvalue weighted by Gasteiger charge is 2.18. The molecule has 1 aliphatic heterocycles. The molecular formula is C16H19N3. The minimum atomic E-state index is 0.913. The van der Waals surface area contributed by atoms with Crippen molar-refractivity contribution in [2.75, 3.05) is 12.3 Å². The summed E-state index contributed by atoms with van der Waals surface area (Å²) in [5.74, 6) is 0. The molecule has 3 rings (SSSR count). The average Bonchev–Trinajstić information content (AvgIpc) is 2.39. The third-order valence-electron chi connectivity index (χ3n) is 3.71. The molecule has 1 aliphatic rings. The van der Waals surface area contributed by atoms with Crippen molar-refractivity contribution in [1.82, 2.24) is 9.88 Å². The van der Waals surface area contributed by atoms with Gasteiger partial charge in [-0.25, -0.2) is 0 Å². The quantitative estimate of drug-likeness (QED) is 0.836. The fraction of sp³-hybridized carbons (Fsp3) is 0.312. The van der Waals surface area contributed by atoms with E-state index in [1.807, 2.05) is 25.1 Å². The molecule has 0 unspecified atom stereocenters. The van der Waals surface area contributed by atoms with Gasteiger partial charge in [-0.1, -0.05) is 18.2 Å². The lowest BCUT2D eigenvalue weighted by Crippen LogP contribution is -2.30. The Kier molecular flexibility index (Phi) is 3.22. The summed E-state index contributed by atoms with van der Waals surface area (Å²) >= 11 is 0. The predicted octanol–water partition coefficient (Wildman–Crippen LogP) is 2.53. The molecule has 0 bridgehead atoms. The number of nitrogens with zero attached hydrogens (tertiary/aromatic N) is 2. The van der Waals surface area contributed by atoms with Crippen molar-refractivity contribution in [2.45, 2.75) is 26.4 Å². The molecule has 1 aromatic heterocycles. The van der Waals surface area contributed by atoms with Crippen LogP contribution in [0.2, 0.25) is 0 Å². The molecule has 2 heterocycles. The fourth-order valence-corrected chi connectivity index (χ4v) is 2.75. The van der Waals surface area contributed by atoms with Crippen molar-refractivity contribution in [3.05, 3.63) is 58.9 Å². The minimum absolute atomic E-state index is 0.913. The second-order valence-corrected chi connectivity index (χ2v) is 5.22. The number of anilines is 1. The maximum atomic E-state index is 6.03. The number of nitrogens with two attached hydrogens (primary N) is 1. The second-order valence-electron chi connectivity index (χ2n) is 5.22. The molecule has 0 fully saturated rings. The Morgan fingerprint density at radius 2 is 2.05 bits per heavy atom. The normalized spacial score (nSPS) is 15.2. The molecule has 0 radical (unpaired) electrons. The van der Waals surface area contributed by atoms with Crippen LogP contribution in [0.25, 0.3) is 0 Å². The first-order valence-electron chi connectivity index (χ1n) is 6.73. The number of pyridine rings is 1. The van der Waals surface area contributed by atoms with Gasteiger partial charge in [0.2, 0.25) is 0 Å². The van der Waals surface area contributed by atoms with Gasteiger partial charge in [-0.15, -0.1) is 0 Å². The van der Waals surface area contributed by atoms with E-state index in [0.29, 0.717) is 0 Å². The monoisotopic (exact) mass is 253 g/mol. The first-order chi connectivity index (χ1) is 9.22. The number of fused-ring (bicyclic) bond motifs is 1. The van der Waals surface area contributed by atoms with Crippen LogP contribution in [0.5, 0.6) is 0 Å². The first-order valence-corrected chi connectivity index (χ1v) is 6.73. The van der Waals surface area contributed by atoms with Crippen molar-refractivity contribution in [3.63, 3.8) is 0 Å². The van der Waals surface area contributed by atoms with Gasteiger partial charge >= 0.3 is 0 Å². The van der Waals surface area contributed by atoms with Crippen LogP contribution in [0.1, 0.15) is 22.5 Å². The molecule has 3 heteroatoms. The Morgan fingerprint density at radius 3 is 2.89 bits per heavy atom. The van der Waals surface area contributed by atoms with Gasteiger partial charge in [0.05, 0.1) is 5.69 Å². The van der Waals surface area contributed by atoms with Crippen LogP contribution in [0.15, 0.2) is 36.4 Å². The van der Waals surface area contributed by atoms with Gasteiger partial charge < -0.3 is 5.73 Å². The summed E-state index contributed by atoms with van der Waals surface area (Å²) < 4.78 is 0. The summed E-state index contributed by atoms with van der Waals surface area (Å²) in [4.78, 5) is 7.01. The molecule has 0 saturated heterocycles. The van der Waals surface area contributed by atoms with E-state index in [4.69, 9.17) is 5.73 Å². The Morgan fingerprint density at radius 1 is 1.21 bits per heavy atom. The van der Waals surface area contributed by atoms with Crippen LogP contribution < -0.4 is 5.73 Å². The van der Waals surface area contributed by atoms with Crippen LogP contribution >= 0.6 is 0 Å². The van der Waals surface area contributed by atoms with E-state index in [-0.39, 0.29) is 0 Å². The lowest BCUT2D eigenvalue weighted by molar-refractivity contribution is 0.243. The molecule has 3 nitrogen and oxygen atoms in total. The molecule has 1 aromatic carbocycles. The maximum Gasteiger partial charge on any atom is 0.0547 e. The van der Waals surface area contributed by atoms with Crippen LogP contribution in [0, 0.1) is 6.92 Å². The van der Waals surface area contributed by atoms with Gasteiger partial charge in [-0.3, -0.25) is 9.88 Å². The SMILES string of the molecule is Cc1cccc(CN2CCc3c(N)cccc3C2)n1. The Labute approximate surface area is 114 Å². The second kappa shape index (κ2) is 5.02. The molecule has 0 amide bonds. The third kappa shape index (κ3) is 2.61. The summed E-state index contributed by atoms with van der Waals surface area (Å²) in [6, 6.07) is 12.4. The smallest absolute Gasteiger partial charge is 0.0547 e. The predicted molar refractivity (Wildman–Crippen MR) is 77.6 cm³/mol. The first kappa shape index (κ1) is 12.2. The Bertz CT molecular complexity index is 592. The van der Waals surface area contributed by atoms with Crippen LogP contribution in [-0.2, 0) is 19.5 Å². The summed E-state index contributed by atoms with van der Waals surface area (Å²) in [6.07, 6.45) is 1.04. The summed E-state index contributed by atoms with van der Waals surface area (Å²) in [5, 5.41) is 0. The van der Waals surface area contributed by atoms with Gasteiger partial charge in [0.25, 0.3) is 0 Å². The largest absolute Gasteiger partial charge is 0.398 e. The zero-order chi connectivity index (χ0) is 13.2. The number of benzene rings is 1. The topological polar surface area (TPSA) is 42.1 Å². The van der Waals surface area contributed by atoms with Crippen molar-refractivity contribution in [2.24, 2.45) is 0 Å². The zero-order valence-corrected chi connectivity index (χ0v) is 11.3. The van der Waals surface area contributed by atoms with Gasteiger partial charge in [-0.2, -0.15) is 0 Å². The van der Waals surface area contributed by atoms with E-state index in [9.17, 15) is 0 Å². The van der Waals surface area contributed by atoms with E-state index in [1.165, 1.54) is 11.1 Å². The molecule has 0 aliphatic carbocycles. The standard InChI is InChI=1S/C16H19N3/c1-12-4-2-6-14(18-12)11-19-9-8-15-13(10-19)5-3-7-16(15)17/h2-7H,8-11,17H2,1H3. The van der Waals surface area contributed by atoms with Crippen molar-refractivity contribution >= 4 is 5.69 Å². The highest BCUT2D eigenvalue weighted by molar-refractivity contribution is 5.51. The maximum absolute atomic E-state index is 6.03. The molecule has 0 saturated carbocycles. The number of hydrogen-bond donors (Lipinski definition) is 1. The number of hydrogen-bond acceptors (Lipinski definition) is 3. The van der Waals surface area contributed by atoms with Crippen molar-refractivity contribution in [3.8, 4) is 0 Å². The van der Waals surface area contributed by atoms with E-state index >= 15 is 0 Å². The summed E-state index contributed by atoms with van der Waals surface area (Å²) in [5.41, 5.74) is 11.9. The minimum Gasteiger partial charge on any atom is -0.398 e. The number of aromatic nitrogens is 1. The van der Waals surface area contributed by atoms with E-state index in [2.05, 4.69) is 28.1 Å². The highest BCUT2D eigenvalue weighted by atomic mass is 15.1. The van der Waals surface area contributed by atoms with Crippen LogP contribution in [0.3, 0.4) is 0 Å². The van der Waals surface area contributed by atoms with Gasteiger partial charge in [0, 0.05) is 31.0 Å². The molecule has 2 aromatic rings. The van der Waals surface area contributed by atoms with Gasteiger partial charge in [0.1, 0.15) is 0 Å². The molecular weight excluding hydrogens is 234 g/mol. The number of aryl methyl sites for hydroxylation is 1. The molecule has 0 spiro atoms. The zero-order valence-electron chi connectivity index (χ0n) is 11.3. The van der Waals surface area contributed by atoms with Gasteiger partial charge in [0.15, 0.2) is 0 Å². The molecule has 98 valence electrons. The molecule has 0 atom stereocenters.